The number of rotatable bonds is 3. The maximum absolute atomic E-state index is 13.6. The summed E-state index contributed by atoms with van der Waals surface area (Å²) < 4.78 is 27.2. The molecule has 4 nitrogen and oxygen atoms in total. The van der Waals surface area contributed by atoms with Gasteiger partial charge in [0.25, 0.3) is 0 Å². The van der Waals surface area contributed by atoms with Gasteiger partial charge in [-0.1, -0.05) is 13.0 Å². The SMILES string of the molecule is CCc1nc(-c2cc(F)cc(F)c2)c(-c2ccc3[nH]ncc3c2)[nH]1. The van der Waals surface area contributed by atoms with E-state index in [1.165, 1.54) is 12.1 Å². The molecule has 2 N–H and O–H groups in total. The van der Waals surface area contributed by atoms with E-state index in [1.807, 2.05) is 25.1 Å². The predicted molar refractivity (Wildman–Crippen MR) is 88.4 cm³/mol. The van der Waals surface area contributed by atoms with E-state index in [0.29, 0.717) is 17.7 Å². The summed E-state index contributed by atoms with van der Waals surface area (Å²) in [5, 5.41) is 7.87. The second kappa shape index (κ2) is 5.56. The highest BCUT2D eigenvalue weighted by atomic mass is 19.1. The van der Waals surface area contributed by atoms with Gasteiger partial charge in [0.05, 0.1) is 23.1 Å². The summed E-state index contributed by atoms with van der Waals surface area (Å²) >= 11 is 0. The van der Waals surface area contributed by atoms with Crippen LogP contribution in [0.3, 0.4) is 0 Å². The molecule has 0 aliphatic carbocycles. The Balaban J connectivity index is 1.92. The molecule has 0 atom stereocenters. The Morgan fingerprint density at radius 3 is 2.54 bits per heavy atom. The fraction of sp³-hybridized carbons (Fsp3) is 0.111. The first-order chi connectivity index (χ1) is 11.6. The van der Waals surface area contributed by atoms with Crippen LogP contribution in [0.4, 0.5) is 8.78 Å². The first-order valence-electron chi connectivity index (χ1n) is 7.63. The summed E-state index contributed by atoms with van der Waals surface area (Å²) in [4.78, 5) is 7.77. The highest BCUT2D eigenvalue weighted by Crippen LogP contribution is 2.32. The van der Waals surface area contributed by atoms with Gasteiger partial charge in [0, 0.05) is 29.0 Å². The summed E-state index contributed by atoms with van der Waals surface area (Å²) in [5.74, 6) is -0.485. The average Bonchev–Trinajstić information content (AvgIpc) is 3.19. The fourth-order valence-corrected chi connectivity index (χ4v) is 2.80. The molecule has 0 aliphatic rings. The average molecular weight is 324 g/mol. The van der Waals surface area contributed by atoms with Crippen molar-refractivity contribution < 1.29 is 8.78 Å². The number of fused-ring (bicyclic) bond motifs is 1. The molecule has 0 radical (unpaired) electrons. The quantitative estimate of drug-likeness (QED) is 0.584. The van der Waals surface area contributed by atoms with Crippen LogP contribution in [-0.4, -0.2) is 20.2 Å². The Labute approximate surface area is 136 Å². The summed E-state index contributed by atoms with van der Waals surface area (Å²) in [6.07, 6.45) is 2.43. The minimum Gasteiger partial charge on any atom is -0.341 e. The van der Waals surface area contributed by atoms with Gasteiger partial charge in [-0.05, 0) is 24.3 Å². The van der Waals surface area contributed by atoms with Crippen LogP contribution in [0.25, 0.3) is 33.4 Å². The van der Waals surface area contributed by atoms with Crippen molar-refractivity contribution in [2.45, 2.75) is 13.3 Å². The molecule has 120 valence electrons. The molecule has 2 heterocycles. The number of hydrogen-bond acceptors (Lipinski definition) is 2. The number of H-pyrrole nitrogens is 2. The maximum atomic E-state index is 13.6. The predicted octanol–water partition coefficient (Wildman–Crippen LogP) is 4.46. The van der Waals surface area contributed by atoms with Gasteiger partial charge in [0.15, 0.2) is 0 Å². The lowest BCUT2D eigenvalue weighted by molar-refractivity contribution is 0.584. The third-order valence-electron chi connectivity index (χ3n) is 3.95. The number of aromatic nitrogens is 4. The highest BCUT2D eigenvalue weighted by molar-refractivity contribution is 5.87. The normalized spacial score (nSPS) is 11.3. The van der Waals surface area contributed by atoms with Gasteiger partial charge < -0.3 is 4.98 Å². The molecule has 0 spiro atoms. The van der Waals surface area contributed by atoms with Crippen molar-refractivity contribution in [3.05, 3.63) is 60.1 Å². The molecule has 2 aromatic carbocycles. The number of nitrogens with one attached hydrogen (secondary N) is 2. The van der Waals surface area contributed by atoms with Crippen LogP contribution in [0, 0.1) is 11.6 Å². The van der Waals surface area contributed by atoms with E-state index in [2.05, 4.69) is 20.2 Å². The molecule has 6 heteroatoms. The second-order valence-electron chi connectivity index (χ2n) is 5.59. The van der Waals surface area contributed by atoms with Gasteiger partial charge in [-0.2, -0.15) is 5.10 Å². The molecule has 0 unspecified atom stereocenters. The zero-order chi connectivity index (χ0) is 16.7. The molecule has 0 aliphatic heterocycles. The number of aryl methyl sites for hydroxylation is 1. The minimum absolute atomic E-state index is 0.408. The molecule has 0 saturated carbocycles. The van der Waals surface area contributed by atoms with Crippen LogP contribution >= 0.6 is 0 Å². The highest BCUT2D eigenvalue weighted by Gasteiger charge is 2.16. The molecule has 24 heavy (non-hydrogen) atoms. The van der Waals surface area contributed by atoms with Crippen LogP contribution in [0.1, 0.15) is 12.7 Å². The van der Waals surface area contributed by atoms with Crippen molar-refractivity contribution in [1.82, 2.24) is 20.2 Å². The summed E-state index contributed by atoms with van der Waals surface area (Å²) in [6.45, 7) is 1.97. The topological polar surface area (TPSA) is 57.4 Å². The number of benzene rings is 2. The van der Waals surface area contributed by atoms with Crippen molar-refractivity contribution in [3.63, 3.8) is 0 Å². The molecule has 4 rings (SSSR count). The van der Waals surface area contributed by atoms with Gasteiger partial charge in [0.2, 0.25) is 0 Å². The molecule has 0 fully saturated rings. The molecule has 0 bridgehead atoms. The van der Waals surface area contributed by atoms with Crippen molar-refractivity contribution >= 4 is 10.9 Å². The van der Waals surface area contributed by atoms with Crippen molar-refractivity contribution in [1.29, 1.82) is 0 Å². The fourth-order valence-electron chi connectivity index (χ4n) is 2.80. The van der Waals surface area contributed by atoms with Crippen molar-refractivity contribution in [2.24, 2.45) is 0 Å². The van der Waals surface area contributed by atoms with Crippen molar-refractivity contribution in [3.8, 4) is 22.5 Å². The standard InChI is InChI=1S/C18H14F2N4/c1-2-16-22-17(10-3-4-15-12(5-10)9-21-24-15)18(23-16)11-6-13(19)8-14(20)7-11/h3-9H,2H2,1H3,(H,21,24)(H,22,23). The number of hydrogen-bond donors (Lipinski definition) is 2. The van der Waals surface area contributed by atoms with E-state index in [9.17, 15) is 8.78 Å². The van der Waals surface area contributed by atoms with Crippen molar-refractivity contribution in [2.75, 3.05) is 0 Å². The second-order valence-corrected chi connectivity index (χ2v) is 5.59. The molecule has 4 aromatic rings. The summed E-state index contributed by atoms with van der Waals surface area (Å²) in [7, 11) is 0. The Morgan fingerprint density at radius 2 is 1.79 bits per heavy atom. The summed E-state index contributed by atoms with van der Waals surface area (Å²) in [6, 6.07) is 9.24. The lowest BCUT2D eigenvalue weighted by Gasteiger charge is -2.04. The third kappa shape index (κ3) is 2.46. The molecule has 0 amide bonds. The van der Waals surface area contributed by atoms with Crippen LogP contribution in [0.15, 0.2) is 42.6 Å². The van der Waals surface area contributed by atoms with Gasteiger partial charge >= 0.3 is 0 Å². The van der Waals surface area contributed by atoms with Crippen LogP contribution in [0.5, 0.6) is 0 Å². The maximum Gasteiger partial charge on any atom is 0.126 e. The monoisotopic (exact) mass is 324 g/mol. The number of aromatic amines is 2. The van der Waals surface area contributed by atoms with Crippen LogP contribution in [-0.2, 0) is 6.42 Å². The van der Waals surface area contributed by atoms with Crippen LogP contribution < -0.4 is 0 Å². The smallest absolute Gasteiger partial charge is 0.126 e. The zero-order valence-electron chi connectivity index (χ0n) is 12.9. The molecule has 2 aromatic heterocycles. The first kappa shape index (κ1) is 14.6. The lowest BCUT2D eigenvalue weighted by Crippen LogP contribution is -1.88. The third-order valence-corrected chi connectivity index (χ3v) is 3.95. The van der Waals surface area contributed by atoms with Crippen LogP contribution in [0.2, 0.25) is 0 Å². The molecular weight excluding hydrogens is 310 g/mol. The molecular formula is C18H14F2N4. The Bertz CT molecular complexity index is 1010. The lowest BCUT2D eigenvalue weighted by atomic mass is 10.0. The van der Waals surface area contributed by atoms with Gasteiger partial charge in [-0.25, -0.2) is 13.8 Å². The van der Waals surface area contributed by atoms with E-state index < -0.39 is 11.6 Å². The summed E-state index contributed by atoms with van der Waals surface area (Å²) in [5.41, 5.74) is 3.49. The first-order valence-corrected chi connectivity index (χ1v) is 7.63. The largest absolute Gasteiger partial charge is 0.341 e. The van der Waals surface area contributed by atoms with E-state index in [-0.39, 0.29) is 0 Å². The Kier molecular flexibility index (Phi) is 3.37. The van der Waals surface area contributed by atoms with E-state index in [1.54, 1.807) is 6.20 Å². The van der Waals surface area contributed by atoms with E-state index >= 15 is 0 Å². The van der Waals surface area contributed by atoms with E-state index in [4.69, 9.17) is 0 Å². The molecule has 0 saturated heterocycles. The number of imidazole rings is 1. The van der Waals surface area contributed by atoms with E-state index in [0.717, 1.165) is 34.1 Å². The number of halogens is 2. The Hall–Kier alpha value is -3.02. The number of nitrogens with zero attached hydrogens (tertiary/aromatic N) is 2. The Morgan fingerprint density at radius 1 is 1.00 bits per heavy atom. The van der Waals surface area contributed by atoms with Gasteiger partial charge in [-0.3, -0.25) is 5.10 Å². The zero-order valence-corrected chi connectivity index (χ0v) is 12.9. The minimum atomic E-state index is -0.623. The van der Waals surface area contributed by atoms with Gasteiger partial charge in [0.1, 0.15) is 17.5 Å². The van der Waals surface area contributed by atoms with Gasteiger partial charge in [-0.15, -0.1) is 0 Å².